The predicted molar refractivity (Wildman–Crippen MR) is 79.8 cm³/mol. The fourth-order valence-electron chi connectivity index (χ4n) is 2.12. The molecule has 0 N–H and O–H groups in total. The van der Waals surface area contributed by atoms with E-state index in [1.165, 1.54) is 18.2 Å². The molecule has 0 atom stereocenters. The zero-order valence-electron chi connectivity index (χ0n) is 11.5. The van der Waals surface area contributed by atoms with Crippen LogP contribution in [0.4, 0.5) is 4.39 Å². The normalized spacial score (nSPS) is 10.8. The third kappa shape index (κ3) is 3.26. The fourth-order valence-corrected chi connectivity index (χ4v) is 2.37. The van der Waals surface area contributed by atoms with E-state index in [1.54, 1.807) is 12.1 Å². The highest BCUT2D eigenvalue weighted by atomic mass is 35.5. The molecule has 0 radical (unpaired) electrons. The lowest BCUT2D eigenvalue weighted by Crippen LogP contribution is -2.05. The molecule has 2 rings (SSSR count). The quantitative estimate of drug-likeness (QED) is 0.731. The molecular formula is C17H16ClFO. The number of carbonyl (C=O) groups excluding carboxylic acids is 1. The zero-order valence-corrected chi connectivity index (χ0v) is 12.2. The van der Waals surface area contributed by atoms with Crippen LogP contribution in [0.2, 0.25) is 5.02 Å². The Hall–Kier alpha value is -1.67. The first kappa shape index (κ1) is 14.7. The van der Waals surface area contributed by atoms with Crippen molar-refractivity contribution in [2.45, 2.75) is 20.3 Å². The standard InChI is InChI=1S/C17H16ClFO/c1-11(2)10-12-6-8-13(9-7-12)17(20)16-14(18)4-3-5-15(16)19/h3-9,11H,10H2,1-2H3. The molecule has 20 heavy (non-hydrogen) atoms. The SMILES string of the molecule is CC(C)Cc1ccc(C(=O)c2c(F)cccc2Cl)cc1. The second-order valence-corrected chi connectivity index (χ2v) is 5.63. The third-order valence-electron chi connectivity index (χ3n) is 3.05. The molecule has 2 aromatic carbocycles. The van der Waals surface area contributed by atoms with Crippen LogP contribution in [-0.2, 0) is 6.42 Å². The molecule has 0 aliphatic rings. The van der Waals surface area contributed by atoms with Crippen LogP contribution in [0.15, 0.2) is 42.5 Å². The lowest BCUT2D eigenvalue weighted by atomic mass is 9.98. The van der Waals surface area contributed by atoms with Gasteiger partial charge in [0.2, 0.25) is 0 Å². The number of benzene rings is 2. The Morgan fingerprint density at radius 3 is 2.35 bits per heavy atom. The van der Waals surface area contributed by atoms with Gasteiger partial charge in [-0.2, -0.15) is 0 Å². The Bertz CT molecular complexity index is 597. The minimum atomic E-state index is -0.589. The van der Waals surface area contributed by atoms with E-state index in [2.05, 4.69) is 13.8 Å². The molecule has 0 aliphatic carbocycles. The van der Waals surface area contributed by atoms with Gasteiger partial charge in [0, 0.05) is 5.56 Å². The minimum Gasteiger partial charge on any atom is -0.288 e. The highest BCUT2D eigenvalue weighted by Crippen LogP contribution is 2.22. The monoisotopic (exact) mass is 290 g/mol. The summed E-state index contributed by atoms with van der Waals surface area (Å²) in [6, 6.07) is 11.5. The van der Waals surface area contributed by atoms with Crippen molar-refractivity contribution in [2.75, 3.05) is 0 Å². The molecule has 0 saturated heterocycles. The molecule has 0 saturated carbocycles. The van der Waals surface area contributed by atoms with E-state index < -0.39 is 5.82 Å². The molecule has 0 aliphatic heterocycles. The van der Waals surface area contributed by atoms with E-state index in [9.17, 15) is 9.18 Å². The summed E-state index contributed by atoms with van der Waals surface area (Å²) in [6.07, 6.45) is 0.953. The van der Waals surface area contributed by atoms with Crippen LogP contribution in [0.5, 0.6) is 0 Å². The summed E-state index contributed by atoms with van der Waals surface area (Å²) in [5.74, 6) is -0.421. The van der Waals surface area contributed by atoms with E-state index in [0.29, 0.717) is 11.5 Å². The maximum absolute atomic E-state index is 13.7. The second kappa shape index (κ2) is 6.19. The van der Waals surface area contributed by atoms with Gasteiger partial charge in [-0.3, -0.25) is 4.79 Å². The van der Waals surface area contributed by atoms with Crippen LogP contribution in [0.3, 0.4) is 0 Å². The van der Waals surface area contributed by atoms with Crippen LogP contribution in [0, 0.1) is 11.7 Å². The molecule has 0 heterocycles. The number of ketones is 1. The van der Waals surface area contributed by atoms with Gasteiger partial charge in [-0.1, -0.05) is 55.8 Å². The van der Waals surface area contributed by atoms with Gasteiger partial charge < -0.3 is 0 Å². The van der Waals surface area contributed by atoms with Gasteiger partial charge in [0.05, 0.1) is 10.6 Å². The molecule has 0 amide bonds. The van der Waals surface area contributed by atoms with E-state index >= 15 is 0 Å². The van der Waals surface area contributed by atoms with Gasteiger partial charge in [-0.15, -0.1) is 0 Å². The van der Waals surface area contributed by atoms with Crippen molar-refractivity contribution in [2.24, 2.45) is 5.92 Å². The Kier molecular flexibility index (Phi) is 4.56. The number of rotatable bonds is 4. The highest BCUT2D eigenvalue weighted by molar-refractivity contribution is 6.35. The Morgan fingerprint density at radius 1 is 1.15 bits per heavy atom. The Morgan fingerprint density at radius 2 is 1.80 bits per heavy atom. The summed E-state index contributed by atoms with van der Waals surface area (Å²) in [5, 5.41) is 0.140. The molecule has 0 fully saturated rings. The lowest BCUT2D eigenvalue weighted by Gasteiger charge is -2.07. The summed E-state index contributed by atoms with van der Waals surface area (Å²) < 4.78 is 13.7. The number of carbonyl (C=O) groups is 1. The number of halogens is 2. The summed E-state index contributed by atoms with van der Waals surface area (Å²) in [4.78, 5) is 12.3. The average molecular weight is 291 g/mol. The first-order chi connectivity index (χ1) is 9.49. The van der Waals surface area contributed by atoms with E-state index in [-0.39, 0.29) is 16.4 Å². The predicted octanol–water partition coefficient (Wildman–Crippen LogP) is 4.91. The summed E-state index contributed by atoms with van der Waals surface area (Å²) in [6.45, 7) is 4.27. The fraction of sp³-hybridized carbons (Fsp3) is 0.235. The first-order valence-electron chi connectivity index (χ1n) is 6.56. The van der Waals surface area contributed by atoms with Crippen molar-refractivity contribution in [1.82, 2.24) is 0 Å². The average Bonchev–Trinajstić information content (AvgIpc) is 2.38. The summed E-state index contributed by atoms with van der Waals surface area (Å²) >= 11 is 5.91. The van der Waals surface area contributed by atoms with Crippen molar-refractivity contribution in [3.05, 3.63) is 70.0 Å². The van der Waals surface area contributed by atoms with E-state index in [0.717, 1.165) is 12.0 Å². The van der Waals surface area contributed by atoms with Crippen molar-refractivity contribution in [3.8, 4) is 0 Å². The van der Waals surface area contributed by atoms with Gasteiger partial charge in [0.15, 0.2) is 5.78 Å². The zero-order chi connectivity index (χ0) is 14.7. The Labute approximate surface area is 123 Å². The molecule has 2 aromatic rings. The van der Waals surface area contributed by atoms with E-state index in [4.69, 9.17) is 11.6 Å². The molecule has 0 unspecified atom stereocenters. The largest absolute Gasteiger partial charge is 0.288 e. The number of hydrogen-bond acceptors (Lipinski definition) is 1. The van der Waals surface area contributed by atoms with E-state index in [1.807, 2.05) is 12.1 Å². The van der Waals surface area contributed by atoms with Crippen LogP contribution in [0.25, 0.3) is 0 Å². The first-order valence-corrected chi connectivity index (χ1v) is 6.94. The smallest absolute Gasteiger partial charge is 0.197 e. The van der Waals surface area contributed by atoms with Crippen LogP contribution in [0.1, 0.15) is 35.3 Å². The van der Waals surface area contributed by atoms with Crippen molar-refractivity contribution < 1.29 is 9.18 Å². The molecule has 0 spiro atoms. The third-order valence-corrected chi connectivity index (χ3v) is 3.36. The molecule has 1 nitrogen and oxygen atoms in total. The maximum Gasteiger partial charge on any atom is 0.197 e. The van der Waals surface area contributed by atoms with Crippen molar-refractivity contribution in [1.29, 1.82) is 0 Å². The van der Waals surface area contributed by atoms with Crippen LogP contribution in [-0.4, -0.2) is 5.78 Å². The molecule has 104 valence electrons. The van der Waals surface area contributed by atoms with Gasteiger partial charge in [-0.25, -0.2) is 4.39 Å². The van der Waals surface area contributed by atoms with Crippen molar-refractivity contribution >= 4 is 17.4 Å². The molecular weight excluding hydrogens is 275 g/mol. The summed E-state index contributed by atoms with van der Waals surface area (Å²) in [5.41, 5.74) is 1.55. The highest BCUT2D eigenvalue weighted by Gasteiger charge is 2.17. The second-order valence-electron chi connectivity index (χ2n) is 5.22. The van der Waals surface area contributed by atoms with Crippen LogP contribution >= 0.6 is 11.6 Å². The molecule has 3 heteroatoms. The van der Waals surface area contributed by atoms with Crippen LogP contribution < -0.4 is 0 Å². The lowest BCUT2D eigenvalue weighted by molar-refractivity contribution is 0.103. The number of hydrogen-bond donors (Lipinski definition) is 0. The maximum atomic E-state index is 13.7. The van der Waals surface area contributed by atoms with Gasteiger partial charge in [0.1, 0.15) is 5.82 Å². The van der Waals surface area contributed by atoms with Gasteiger partial charge >= 0.3 is 0 Å². The van der Waals surface area contributed by atoms with Crippen molar-refractivity contribution in [3.63, 3.8) is 0 Å². The Balaban J connectivity index is 2.30. The molecule has 0 bridgehead atoms. The minimum absolute atomic E-state index is 0.0641. The van der Waals surface area contributed by atoms with Gasteiger partial charge in [-0.05, 0) is 30.0 Å². The summed E-state index contributed by atoms with van der Waals surface area (Å²) in [7, 11) is 0. The topological polar surface area (TPSA) is 17.1 Å². The van der Waals surface area contributed by atoms with Gasteiger partial charge in [0.25, 0.3) is 0 Å². The molecule has 0 aromatic heterocycles.